The molecule has 0 spiro atoms. The fourth-order valence-electron chi connectivity index (χ4n) is 2.90. The van der Waals surface area contributed by atoms with E-state index in [2.05, 4.69) is 27.1 Å². The summed E-state index contributed by atoms with van der Waals surface area (Å²) in [7, 11) is 1.60. The van der Waals surface area contributed by atoms with Gasteiger partial charge in [0, 0.05) is 12.1 Å². The topological polar surface area (TPSA) is 77.1 Å². The van der Waals surface area contributed by atoms with E-state index in [-0.39, 0.29) is 5.78 Å². The largest absolute Gasteiger partial charge is 0.496 e. The quantitative estimate of drug-likeness (QED) is 0.344. The Bertz CT molecular complexity index is 1110. The molecule has 0 aliphatic rings. The zero-order valence-corrected chi connectivity index (χ0v) is 18.2. The lowest BCUT2D eigenvalue weighted by molar-refractivity contribution is 0.103. The summed E-state index contributed by atoms with van der Waals surface area (Å²) in [5.74, 6) is 1.22. The molecule has 30 heavy (non-hydrogen) atoms. The molecule has 3 aromatic rings. The monoisotopic (exact) mass is 465 g/mol. The average Bonchev–Trinajstić information content (AvgIpc) is 3.17. The van der Waals surface area contributed by atoms with Crippen molar-refractivity contribution in [1.29, 1.82) is 5.26 Å². The molecule has 0 amide bonds. The van der Waals surface area contributed by atoms with Crippen molar-refractivity contribution in [1.82, 2.24) is 9.78 Å². The van der Waals surface area contributed by atoms with Crippen molar-refractivity contribution in [2.24, 2.45) is 0 Å². The first kappa shape index (κ1) is 21.3. The van der Waals surface area contributed by atoms with Gasteiger partial charge in [0.05, 0.1) is 29.4 Å². The summed E-state index contributed by atoms with van der Waals surface area (Å²) in [5.41, 5.74) is 2.79. The molecule has 3 rings (SSSR count). The Morgan fingerprint density at radius 1 is 1.27 bits per heavy atom. The number of hydrogen-bond acceptors (Lipinski definition) is 5. The highest BCUT2D eigenvalue weighted by molar-refractivity contribution is 9.10. The fraction of sp³-hybridized carbons (Fsp3) is 0.174. The van der Waals surface area contributed by atoms with Crippen molar-refractivity contribution < 1.29 is 14.3 Å². The highest BCUT2D eigenvalue weighted by atomic mass is 79.9. The number of hydrogen-bond donors (Lipinski definition) is 0. The van der Waals surface area contributed by atoms with Gasteiger partial charge >= 0.3 is 0 Å². The standard InChI is InChI=1S/C23H20BrN3O3/c1-3-27-23(20(24)14-26-27)21(28)10-6-16-7-11-22(29-2)18(12-16)15-30-19-8-4-17(13-25)5-9-19/h4-12,14H,3,15H2,1-2H3/b10-6+. The van der Waals surface area contributed by atoms with Crippen LogP contribution in [0.5, 0.6) is 11.5 Å². The Balaban J connectivity index is 1.76. The molecule has 2 aromatic carbocycles. The van der Waals surface area contributed by atoms with Crippen LogP contribution in [0.2, 0.25) is 0 Å². The molecule has 0 atom stereocenters. The maximum Gasteiger partial charge on any atom is 0.205 e. The van der Waals surface area contributed by atoms with Gasteiger partial charge in [0.15, 0.2) is 0 Å². The smallest absolute Gasteiger partial charge is 0.205 e. The van der Waals surface area contributed by atoms with Crippen LogP contribution in [0.25, 0.3) is 6.08 Å². The van der Waals surface area contributed by atoms with Gasteiger partial charge in [-0.15, -0.1) is 0 Å². The van der Waals surface area contributed by atoms with Crippen molar-refractivity contribution in [3.05, 3.63) is 81.6 Å². The predicted molar refractivity (Wildman–Crippen MR) is 117 cm³/mol. The minimum Gasteiger partial charge on any atom is -0.496 e. The normalized spacial score (nSPS) is 10.7. The van der Waals surface area contributed by atoms with Gasteiger partial charge in [-0.2, -0.15) is 10.4 Å². The average molecular weight is 466 g/mol. The van der Waals surface area contributed by atoms with Gasteiger partial charge in [0.25, 0.3) is 0 Å². The first-order chi connectivity index (χ1) is 14.5. The predicted octanol–water partition coefficient (Wildman–Crippen LogP) is 5.02. The molecule has 0 aliphatic heterocycles. The highest BCUT2D eigenvalue weighted by Gasteiger charge is 2.14. The number of aromatic nitrogens is 2. The van der Waals surface area contributed by atoms with Crippen LogP contribution in [-0.2, 0) is 13.2 Å². The molecule has 0 saturated heterocycles. The molecular weight excluding hydrogens is 446 g/mol. The number of nitrogens with zero attached hydrogens (tertiary/aromatic N) is 3. The number of benzene rings is 2. The number of methoxy groups -OCH3 is 1. The lowest BCUT2D eigenvalue weighted by atomic mass is 10.1. The molecule has 0 radical (unpaired) electrons. The molecule has 0 N–H and O–H groups in total. The number of aryl methyl sites for hydroxylation is 1. The van der Waals surface area contributed by atoms with Gasteiger partial charge in [-0.3, -0.25) is 9.48 Å². The number of ketones is 1. The second-order valence-electron chi connectivity index (χ2n) is 6.35. The zero-order chi connectivity index (χ0) is 21.5. The summed E-state index contributed by atoms with van der Waals surface area (Å²) in [5, 5.41) is 13.1. The number of allylic oxidation sites excluding steroid dienone is 1. The number of carbonyl (C=O) groups excluding carboxylic acids is 1. The first-order valence-corrected chi connectivity index (χ1v) is 10.1. The van der Waals surface area contributed by atoms with Crippen molar-refractivity contribution >= 4 is 27.8 Å². The molecule has 0 saturated carbocycles. The highest BCUT2D eigenvalue weighted by Crippen LogP contribution is 2.24. The maximum atomic E-state index is 12.6. The summed E-state index contributed by atoms with van der Waals surface area (Å²) in [4.78, 5) is 12.6. The third-order valence-corrected chi connectivity index (χ3v) is 5.02. The van der Waals surface area contributed by atoms with Crippen molar-refractivity contribution in [3.8, 4) is 17.6 Å². The van der Waals surface area contributed by atoms with Crippen molar-refractivity contribution in [2.45, 2.75) is 20.1 Å². The van der Waals surface area contributed by atoms with Crippen LogP contribution >= 0.6 is 15.9 Å². The molecular formula is C23H20BrN3O3. The third kappa shape index (κ3) is 4.97. The van der Waals surface area contributed by atoms with Gasteiger partial charge in [-0.25, -0.2) is 0 Å². The number of carbonyl (C=O) groups is 1. The number of rotatable bonds is 8. The minimum atomic E-state index is -0.132. The van der Waals surface area contributed by atoms with Crippen molar-refractivity contribution in [2.75, 3.05) is 7.11 Å². The Morgan fingerprint density at radius 2 is 2.03 bits per heavy atom. The maximum absolute atomic E-state index is 12.6. The first-order valence-electron chi connectivity index (χ1n) is 9.29. The van der Waals surface area contributed by atoms with Crippen LogP contribution in [0, 0.1) is 11.3 Å². The summed E-state index contributed by atoms with van der Waals surface area (Å²) in [6.45, 7) is 2.84. The Morgan fingerprint density at radius 3 is 2.70 bits per heavy atom. The number of ether oxygens (including phenoxy) is 2. The number of halogens is 1. The minimum absolute atomic E-state index is 0.132. The molecule has 0 bridgehead atoms. The van der Waals surface area contributed by atoms with E-state index in [1.54, 1.807) is 48.3 Å². The van der Waals surface area contributed by atoms with Gasteiger partial charge in [-0.1, -0.05) is 12.1 Å². The second kappa shape index (κ2) is 9.90. The van der Waals surface area contributed by atoms with E-state index >= 15 is 0 Å². The van der Waals surface area contributed by atoms with E-state index in [9.17, 15) is 4.79 Å². The summed E-state index contributed by atoms with van der Waals surface area (Å²) < 4.78 is 13.6. The SMILES string of the molecule is CCn1ncc(Br)c1C(=O)/C=C/c1ccc(OC)c(COc2ccc(C#N)cc2)c1. The van der Waals surface area contributed by atoms with Crippen molar-refractivity contribution in [3.63, 3.8) is 0 Å². The van der Waals surface area contributed by atoms with Crippen LogP contribution in [0.1, 0.15) is 34.1 Å². The van der Waals surface area contributed by atoms with E-state index in [1.165, 1.54) is 6.08 Å². The molecule has 6 nitrogen and oxygen atoms in total. The van der Waals surface area contributed by atoms with Gasteiger partial charge in [-0.05, 0) is 70.9 Å². The molecule has 0 aliphatic carbocycles. The van der Waals surface area contributed by atoms with Crippen LogP contribution in [0.4, 0.5) is 0 Å². The number of nitriles is 1. The molecule has 0 unspecified atom stereocenters. The van der Waals surface area contributed by atoms with E-state index in [0.717, 1.165) is 11.1 Å². The van der Waals surface area contributed by atoms with Gasteiger partial charge in [0.2, 0.25) is 5.78 Å². The molecule has 7 heteroatoms. The molecule has 1 heterocycles. The van der Waals surface area contributed by atoms with E-state index in [4.69, 9.17) is 14.7 Å². The molecule has 0 fully saturated rings. The second-order valence-corrected chi connectivity index (χ2v) is 7.20. The zero-order valence-electron chi connectivity index (χ0n) is 16.6. The third-order valence-electron chi connectivity index (χ3n) is 4.44. The molecule has 152 valence electrons. The lowest BCUT2D eigenvalue weighted by Crippen LogP contribution is -2.07. The Kier molecular flexibility index (Phi) is 7.04. The lowest BCUT2D eigenvalue weighted by Gasteiger charge is -2.11. The van der Waals surface area contributed by atoms with Crippen LogP contribution in [0.15, 0.2) is 59.2 Å². The van der Waals surface area contributed by atoms with E-state index in [0.29, 0.717) is 40.4 Å². The Labute approximate surface area is 183 Å². The summed E-state index contributed by atoms with van der Waals surface area (Å²) in [6, 6.07) is 14.6. The van der Waals surface area contributed by atoms with Crippen LogP contribution < -0.4 is 9.47 Å². The summed E-state index contributed by atoms with van der Waals surface area (Å²) in [6.07, 6.45) is 4.91. The Hall–Kier alpha value is -3.37. The van der Waals surface area contributed by atoms with Gasteiger partial charge < -0.3 is 9.47 Å². The van der Waals surface area contributed by atoms with E-state index < -0.39 is 0 Å². The fourth-order valence-corrected chi connectivity index (χ4v) is 3.39. The molecule has 1 aromatic heterocycles. The van der Waals surface area contributed by atoms with Crippen LogP contribution in [-0.4, -0.2) is 22.7 Å². The van der Waals surface area contributed by atoms with Gasteiger partial charge in [0.1, 0.15) is 23.8 Å². The summed E-state index contributed by atoms with van der Waals surface area (Å²) >= 11 is 3.38. The van der Waals surface area contributed by atoms with E-state index in [1.807, 2.05) is 25.1 Å². The van der Waals surface area contributed by atoms with Crippen LogP contribution in [0.3, 0.4) is 0 Å².